The standard InChI is InChI=1S/C8H18N2O6S2.Na/c1-7(17(11,12)13)9-3-5-10(6-4-9)8(2)18(14,15)16;/h7-8H,3-6H2,1-2H3,(H,11,12,13)(H,14,15,16);/q;+1/p-1. The molecule has 1 rings (SSSR count). The molecule has 1 saturated heterocycles. The number of piperazine rings is 1. The van der Waals surface area contributed by atoms with Crippen molar-refractivity contribution in [3.8, 4) is 0 Å². The van der Waals surface area contributed by atoms with Crippen LogP contribution in [0.5, 0.6) is 0 Å². The van der Waals surface area contributed by atoms with Crippen molar-refractivity contribution >= 4 is 20.2 Å². The Bertz CT molecular complexity index is 439. The molecule has 108 valence electrons. The first-order valence-corrected chi connectivity index (χ1v) is 8.40. The normalized spacial score (nSPS) is 22.5. The van der Waals surface area contributed by atoms with Gasteiger partial charge in [0.1, 0.15) is 15.5 Å². The second-order valence-corrected chi connectivity index (χ2v) is 7.66. The predicted molar refractivity (Wildman–Crippen MR) is 63.3 cm³/mol. The molecule has 2 unspecified atom stereocenters. The van der Waals surface area contributed by atoms with Gasteiger partial charge in [-0.2, -0.15) is 8.42 Å². The summed E-state index contributed by atoms with van der Waals surface area (Å²) in [6.45, 7) is 3.76. The van der Waals surface area contributed by atoms with Crippen molar-refractivity contribution in [2.45, 2.75) is 24.6 Å². The Morgan fingerprint density at radius 3 is 1.53 bits per heavy atom. The Labute approximate surface area is 135 Å². The SMILES string of the molecule is CC(N1CCN(C(C)S(=O)(=O)O)CC1)S(=O)(=O)[O-].[Na+]. The first kappa shape index (κ1) is 19.7. The summed E-state index contributed by atoms with van der Waals surface area (Å²) < 4.78 is 63.4. The van der Waals surface area contributed by atoms with Crippen molar-refractivity contribution in [1.29, 1.82) is 0 Å². The molecule has 1 aliphatic heterocycles. The third kappa shape index (κ3) is 5.56. The number of rotatable bonds is 4. The van der Waals surface area contributed by atoms with E-state index in [1.165, 1.54) is 23.6 Å². The zero-order chi connectivity index (χ0) is 14.1. The Morgan fingerprint density at radius 2 is 1.26 bits per heavy atom. The van der Waals surface area contributed by atoms with E-state index in [4.69, 9.17) is 4.55 Å². The zero-order valence-electron chi connectivity index (χ0n) is 11.2. The summed E-state index contributed by atoms with van der Waals surface area (Å²) in [6, 6.07) is 0. The van der Waals surface area contributed by atoms with Crippen LogP contribution >= 0.6 is 0 Å². The molecule has 8 nitrogen and oxygen atoms in total. The number of hydrogen-bond acceptors (Lipinski definition) is 7. The molecule has 2 atom stereocenters. The monoisotopic (exact) mass is 324 g/mol. The second-order valence-electron chi connectivity index (χ2n) is 4.28. The summed E-state index contributed by atoms with van der Waals surface area (Å²) in [5.41, 5.74) is 0. The Balaban J connectivity index is 0.00000324. The van der Waals surface area contributed by atoms with Crippen LogP contribution in [0.3, 0.4) is 0 Å². The summed E-state index contributed by atoms with van der Waals surface area (Å²) in [4.78, 5) is 3.01. The maximum absolute atomic E-state index is 11.0. The van der Waals surface area contributed by atoms with Crippen LogP contribution in [0.2, 0.25) is 0 Å². The average molecular weight is 324 g/mol. The molecule has 0 amide bonds. The van der Waals surface area contributed by atoms with Gasteiger partial charge in [-0.15, -0.1) is 0 Å². The summed E-state index contributed by atoms with van der Waals surface area (Å²) >= 11 is 0. The van der Waals surface area contributed by atoms with E-state index in [0.29, 0.717) is 0 Å². The third-order valence-corrected chi connectivity index (χ3v) is 5.52. The Hall–Kier alpha value is 0.740. The molecule has 11 heteroatoms. The van der Waals surface area contributed by atoms with Crippen LogP contribution in [0.25, 0.3) is 0 Å². The zero-order valence-corrected chi connectivity index (χ0v) is 14.8. The largest absolute Gasteiger partial charge is 1.00 e. The van der Waals surface area contributed by atoms with E-state index >= 15 is 0 Å². The van der Waals surface area contributed by atoms with Crippen molar-refractivity contribution in [3.63, 3.8) is 0 Å². The molecule has 0 aliphatic carbocycles. The molecular formula is C8H17N2NaO6S2. The molecule has 1 heterocycles. The molecule has 0 spiro atoms. The van der Waals surface area contributed by atoms with E-state index in [-0.39, 0.29) is 55.7 Å². The van der Waals surface area contributed by atoms with E-state index in [2.05, 4.69) is 0 Å². The second kappa shape index (κ2) is 7.14. The van der Waals surface area contributed by atoms with E-state index in [0.717, 1.165) is 0 Å². The third-order valence-electron chi connectivity index (χ3n) is 3.23. The van der Waals surface area contributed by atoms with Gasteiger partial charge in [-0.1, -0.05) is 0 Å². The van der Waals surface area contributed by atoms with E-state index in [9.17, 15) is 21.4 Å². The van der Waals surface area contributed by atoms with Gasteiger partial charge in [0.25, 0.3) is 10.1 Å². The van der Waals surface area contributed by atoms with Gasteiger partial charge in [-0.05, 0) is 13.8 Å². The van der Waals surface area contributed by atoms with Gasteiger partial charge >= 0.3 is 29.6 Å². The van der Waals surface area contributed by atoms with Crippen LogP contribution in [-0.4, -0.2) is 72.7 Å². The Morgan fingerprint density at radius 1 is 0.947 bits per heavy atom. The van der Waals surface area contributed by atoms with Crippen molar-refractivity contribution in [3.05, 3.63) is 0 Å². The fraction of sp³-hybridized carbons (Fsp3) is 1.00. The van der Waals surface area contributed by atoms with Gasteiger partial charge in [0.05, 0.1) is 5.37 Å². The van der Waals surface area contributed by atoms with Crippen LogP contribution in [0.4, 0.5) is 0 Å². The van der Waals surface area contributed by atoms with E-state index < -0.39 is 31.0 Å². The molecule has 0 aromatic rings. The first-order valence-electron chi connectivity index (χ1n) is 5.42. The molecule has 19 heavy (non-hydrogen) atoms. The quantitative estimate of drug-likeness (QED) is 0.408. The molecule has 1 fully saturated rings. The molecule has 1 aliphatic rings. The molecule has 0 aromatic heterocycles. The minimum absolute atomic E-state index is 0. The molecule has 0 saturated carbocycles. The molecule has 0 radical (unpaired) electrons. The van der Waals surface area contributed by atoms with Gasteiger partial charge in [0.15, 0.2) is 0 Å². The number of hydrogen-bond donors (Lipinski definition) is 1. The fourth-order valence-electron chi connectivity index (χ4n) is 1.84. The maximum atomic E-state index is 11.0. The van der Waals surface area contributed by atoms with Crippen LogP contribution in [0.15, 0.2) is 0 Å². The van der Waals surface area contributed by atoms with E-state index in [1.807, 2.05) is 0 Å². The average Bonchev–Trinajstić information content (AvgIpc) is 2.25. The maximum Gasteiger partial charge on any atom is 1.00 e. The topological polar surface area (TPSA) is 118 Å². The van der Waals surface area contributed by atoms with Gasteiger partial charge in [-0.3, -0.25) is 14.4 Å². The summed E-state index contributed by atoms with van der Waals surface area (Å²) in [5, 5.41) is -2.15. The smallest absolute Gasteiger partial charge is 0.747 e. The van der Waals surface area contributed by atoms with Crippen molar-refractivity contribution in [2.75, 3.05) is 26.2 Å². The molecule has 0 aromatic carbocycles. The first-order chi connectivity index (χ1) is 8.03. The van der Waals surface area contributed by atoms with Crippen molar-refractivity contribution in [1.82, 2.24) is 9.80 Å². The Kier molecular flexibility index (Phi) is 7.42. The summed E-state index contributed by atoms with van der Waals surface area (Å²) in [7, 11) is -8.52. The van der Waals surface area contributed by atoms with Crippen LogP contribution in [0.1, 0.15) is 13.8 Å². The molecule has 0 bridgehead atoms. The summed E-state index contributed by atoms with van der Waals surface area (Å²) in [5.74, 6) is 0. The van der Waals surface area contributed by atoms with Gasteiger partial charge in [0, 0.05) is 26.2 Å². The predicted octanol–water partition coefficient (Wildman–Crippen LogP) is -4.27. The van der Waals surface area contributed by atoms with Gasteiger partial charge in [0.2, 0.25) is 0 Å². The van der Waals surface area contributed by atoms with Crippen LogP contribution in [-0.2, 0) is 20.2 Å². The molecule has 1 N–H and O–H groups in total. The van der Waals surface area contributed by atoms with Crippen LogP contribution in [0, 0.1) is 0 Å². The summed E-state index contributed by atoms with van der Waals surface area (Å²) in [6.07, 6.45) is 0. The fourth-order valence-corrected chi connectivity index (χ4v) is 3.00. The van der Waals surface area contributed by atoms with Gasteiger partial charge < -0.3 is 4.55 Å². The minimum atomic E-state index is -4.38. The minimum Gasteiger partial charge on any atom is -0.747 e. The molecular weight excluding hydrogens is 307 g/mol. The van der Waals surface area contributed by atoms with Crippen LogP contribution < -0.4 is 29.6 Å². The number of nitrogens with zero attached hydrogens (tertiary/aromatic N) is 2. The van der Waals surface area contributed by atoms with Crippen molar-refractivity contribution < 1.29 is 55.5 Å². The van der Waals surface area contributed by atoms with Crippen molar-refractivity contribution in [2.24, 2.45) is 0 Å². The van der Waals surface area contributed by atoms with E-state index in [1.54, 1.807) is 0 Å². The van der Waals surface area contributed by atoms with Gasteiger partial charge in [-0.25, -0.2) is 8.42 Å².